The number of nitrogens with two attached hydrogens (primary N) is 1. The number of aromatic nitrogens is 1. The molecule has 2 amide bonds. The van der Waals surface area contributed by atoms with Crippen molar-refractivity contribution in [1.29, 1.82) is 0 Å². The third-order valence-corrected chi connectivity index (χ3v) is 4.30. The first-order valence-corrected chi connectivity index (χ1v) is 8.63. The second kappa shape index (κ2) is 7.99. The van der Waals surface area contributed by atoms with Crippen molar-refractivity contribution in [3.63, 3.8) is 0 Å². The molecular formula is C19H27N3O2. The molecule has 1 aromatic carbocycles. The molecule has 5 heteroatoms. The highest BCUT2D eigenvalue weighted by Gasteiger charge is 2.24. The summed E-state index contributed by atoms with van der Waals surface area (Å²) in [4.78, 5) is 24.2. The molecule has 5 nitrogen and oxygen atoms in total. The summed E-state index contributed by atoms with van der Waals surface area (Å²) in [6.45, 7) is 6.78. The number of carbonyl (C=O) groups excluding carboxylic acids is 2. The highest BCUT2D eigenvalue weighted by atomic mass is 16.2. The standard InChI is InChI=1S/C19H27N3O2/c1-4-5-8-11-22-12-15(14-9-6-7-10-16(14)22)19(24)21-17(13(2)3)18(20)23/h6-7,9-10,12-13,17H,4-5,8,11H2,1-3H3,(H2,20,23)(H,21,24). The van der Waals surface area contributed by atoms with Gasteiger partial charge in [-0.25, -0.2) is 0 Å². The molecule has 0 saturated heterocycles. The second-order valence-corrected chi connectivity index (χ2v) is 6.56. The van der Waals surface area contributed by atoms with Crippen molar-refractivity contribution in [2.45, 2.75) is 52.6 Å². The van der Waals surface area contributed by atoms with Crippen molar-refractivity contribution in [3.8, 4) is 0 Å². The summed E-state index contributed by atoms with van der Waals surface area (Å²) in [7, 11) is 0. The largest absolute Gasteiger partial charge is 0.368 e. The number of primary amides is 1. The van der Waals surface area contributed by atoms with Crippen LogP contribution in [0, 0.1) is 5.92 Å². The number of nitrogens with zero attached hydrogens (tertiary/aromatic N) is 1. The number of benzene rings is 1. The van der Waals surface area contributed by atoms with Crippen LogP contribution in [0.4, 0.5) is 0 Å². The Morgan fingerprint density at radius 2 is 1.92 bits per heavy atom. The van der Waals surface area contributed by atoms with Crippen LogP contribution in [0.25, 0.3) is 10.9 Å². The summed E-state index contributed by atoms with van der Waals surface area (Å²) in [6.07, 6.45) is 5.27. The van der Waals surface area contributed by atoms with Crippen LogP contribution in [-0.2, 0) is 11.3 Å². The van der Waals surface area contributed by atoms with Crippen LogP contribution in [0.15, 0.2) is 30.5 Å². The maximum Gasteiger partial charge on any atom is 0.254 e. The predicted octanol–water partition coefficient (Wildman–Crippen LogP) is 3.07. The lowest BCUT2D eigenvalue weighted by Crippen LogP contribution is -2.47. The minimum absolute atomic E-state index is 0.0515. The number of aryl methyl sites for hydroxylation is 1. The van der Waals surface area contributed by atoms with Gasteiger partial charge in [-0.2, -0.15) is 0 Å². The zero-order valence-corrected chi connectivity index (χ0v) is 14.7. The first kappa shape index (κ1) is 18.0. The summed E-state index contributed by atoms with van der Waals surface area (Å²) < 4.78 is 2.12. The Balaban J connectivity index is 2.30. The Morgan fingerprint density at radius 1 is 1.21 bits per heavy atom. The van der Waals surface area contributed by atoms with Gasteiger partial charge < -0.3 is 15.6 Å². The van der Waals surface area contributed by atoms with Gasteiger partial charge in [0.05, 0.1) is 5.56 Å². The number of carbonyl (C=O) groups is 2. The van der Waals surface area contributed by atoms with Crippen LogP contribution in [0.3, 0.4) is 0 Å². The molecule has 0 aliphatic rings. The number of para-hydroxylation sites is 1. The average molecular weight is 329 g/mol. The van der Waals surface area contributed by atoms with Crippen LogP contribution in [-0.4, -0.2) is 22.4 Å². The smallest absolute Gasteiger partial charge is 0.254 e. The van der Waals surface area contributed by atoms with Gasteiger partial charge in [0.1, 0.15) is 6.04 Å². The number of amides is 2. The van der Waals surface area contributed by atoms with E-state index in [-0.39, 0.29) is 11.8 Å². The fourth-order valence-electron chi connectivity index (χ4n) is 2.93. The zero-order valence-electron chi connectivity index (χ0n) is 14.7. The maximum atomic E-state index is 12.7. The van der Waals surface area contributed by atoms with Crippen molar-refractivity contribution in [3.05, 3.63) is 36.0 Å². The number of fused-ring (bicyclic) bond motifs is 1. The third kappa shape index (κ3) is 3.96. The van der Waals surface area contributed by atoms with E-state index in [1.54, 1.807) is 0 Å². The summed E-state index contributed by atoms with van der Waals surface area (Å²) in [5.74, 6) is -0.813. The molecule has 0 radical (unpaired) electrons. The van der Waals surface area contributed by atoms with Crippen LogP contribution >= 0.6 is 0 Å². The normalized spacial score (nSPS) is 12.5. The van der Waals surface area contributed by atoms with Gasteiger partial charge >= 0.3 is 0 Å². The molecule has 2 aromatic rings. The number of nitrogens with one attached hydrogen (secondary N) is 1. The van der Waals surface area contributed by atoms with Gasteiger partial charge in [-0.15, -0.1) is 0 Å². The van der Waals surface area contributed by atoms with Gasteiger partial charge in [-0.05, 0) is 18.4 Å². The fraction of sp³-hybridized carbons (Fsp3) is 0.474. The lowest BCUT2D eigenvalue weighted by Gasteiger charge is -2.18. The molecule has 0 bridgehead atoms. The summed E-state index contributed by atoms with van der Waals surface area (Å²) in [5, 5.41) is 3.68. The lowest BCUT2D eigenvalue weighted by atomic mass is 10.0. The minimum Gasteiger partial charge on any atom is -0.368 e. The van der Waals surface area contributed by atoms with Crippen molar-refractivity contribution in [2.24, 2.45) is 11.7 Å². The van der Waals surface area contributed by atoms with Crippen molar-refractivity contribution in [1.82, 2.24) is 9.88 Å². The van der Waals surface area contributed by atoms with Crippen molar-refractivity contribution < 1.29 is 9.59 Å². The number of unbranched alkanes of at least 4 members (excludes halogenated alkanes) is 2. The average Bonchev–Trinajstić information content (AvgIpc) is 2.91. The highest BCUT2D eigenvalue weighted by molar-refractivity contribution is 6.08. The summed E-state index contributed by atoms with van der Waals surface area (Å²) in [6, 6.07) is 7.19. The highest BCUT2D eigenvalue weighted by Crippen LogP contribution is 2.22. The van der Waals surface area contributed by atoms with E-state index in [2.05, 4.69) is 16.8 Å². The first-order valence-electron chi connectivity index (χ1n) is 8.63. The van der Waals surface area contributed by atoms with E-state index in [0.29, 0.717) is 5.56 Å². The van der Waals surface area contributed by atoms with Gasteiger partial charge in [0.15, 0.2) is 0 Å². The van der Waals surface area contributed by atoms with E-state index >= 15 is 0 Å². The van der Waals surface area contributed by atoms with Crippen LogP contribution < -0.4 is 11.1 Å². The van der Waals surface area contributed by atoms with Gasteiger partial charge in [-0.3, -0.25) is 9.59 Å². The lowest BCUT2D eigenvalue weighted by molar-refractivity contribution is -0.120. The molecule has 0 aliphatic heterocycles. The topological polar surface area (TPSA) is 77.1 Å². The third-order valence-electron chi connectivity index (χ3n) is 4.30. The maximum absolute atomic E-state index is 12.7. The zero-order chi connectivity index (χ0) is 17.7. The molecule has 2 rings (SSSR count). The Hall–Kier alpha value is -2.30. The van der Waals surface area contributed by atoms with E-state index in [1.807, 2.05) is 44.3 Å². The molecule has 1 heterocycles. The fourth-order valence-corrected chi connectivity index (χ4v) is 2.93. The molecule has 1 unspecified atom stereocenters. The Kier molecular flexibility index (Phi) is 6.01. The molecule has 0 spiro atoms. The van der Waals surface area contributed by atoms with E-state index in [4.69, 9.17) is 5.73 Å². The summed E-state index contributed by atoms with van der Waals surface area (Å²) in [5.41, 5.74) is 7.04. The van der Waals surface area contributed by atoms with Gasteiger partial charge in [0.2, 0.25) is 5.91 Å². The molecule has 130 valence electrons. The first-order chi connectivity index (χ1) is 11.5. The Bertz CT molecular complexity index is 718. The van der Waals surface area contributed by atoms with Gasteiger partial charge in [0.25, 0.3) is 5.91 Å². The molecule has 24 heavy (non-hydrogen) atoms. The molecule has 1 atom stereocenters. The number of hydrogen-bond acceptors (Lipinski definition) is 2. The van der Waals surface area contributed by atoms with E-state index in [9.17, 15) is 9.59 Å². The molecule has 0 aliphatic carbocycles. The number of hydrogen-bond donors (Lipinski definition) is 2. The predicted molar refractivity (Wildman–Crippen MR) is 96.7 cm³/mol. The second-order valence-electron chi connectivity index (χ2n) is 6.56. The van der Waals surface area contributed by atoms with Gasteiger partial charge in [0, 0.05) is 23.6 Å². The van der Waals surface area contributed by atoms with Crippen LogP contribution in [0.2, 0.25) is 0 Å². The molecular weight excluding hydrogens is 302 g/mol. The van der Waals surface area contributed by atoms with E-state index in [1.165, 1.54) is 0 Å². The monoisotopic (exact) mass is 329 g/mol. The quantitative estimate of drug-likeness (QED) is 0.730. The molecule has 1 aromatic heterocycles. The van der Waals surface area contributed by atoms with E-state index in [0.717, 1.165) is 36.7 Å². The SMILES string of the molecule is CCCCCn1cc(C(=O)NC(C(N)=O)C(C)C)c2ccccc21. The van der Waals surface area contributed by atoms with Crippen LogP contribution in [0.5, 0.6) is 0 Å². The van der Waals surface area contributed by atoms with Gasteiger partial charge in [-0.1, -0.05) is 51.8 Å². The van der Waals surface area contributed by atoms with E-state index < -0.39 is 11.9 Å². The minimum atomic E-state index is -0.667. The Morgan fingerprint density at radius 3 is 2.54 bits per heavy atom. The van der Waals surface area contributed by atoms with Crippen molar-refractivity contribution in [2.75, 3.05) is 0 Å². The molecule has 0 saturated carbocycles. The summed E-state index contributed by atoms with van der Waals surface area (Å²) >= 11 is 0. The van der Waals surface area contributed by atoms with Crippen LogP contribution in [0.1, 0.15) is 50.4 Å². The number of rotatable bonds is 8. The molecule has 3 N–H and O–H groups in total. The van der Waals surface area contributed by atoms with Crippen molar-refractivity contribution >= 4 is 22.7 Å². The Labute approximate surface area is 143 Å². The molecule has 0 fully saturated rings.